The van der Waals surface area contributed by atoms with E-state index in [0.717, 1.165) is 5.69 Å². The zero-order valence-electron chi connectivity index (χ0n) is 6.98. The summed E-state index contributed by atoms with van der Waals surface area (Å²) < 4.78 is 0. The molecule has 2 rings (SSSR count). The molecule has 2 aromatic rings. The van der Waals surface area contributed by atoms with Gasteiger partial charge in [-0.05, 0) is 18.2 Å². The molecule has 0 N–H and O–H groups in total. The first-order chi connectivity index (χ1) is 6.77. The highest BCUT2D eigenvalue weighted by molar-refractivity contribution is 6.33. The molecule has 0 spiro atoms. The summed E-state index contributed by atoms with van der Waals surface area (Å²) in [7, 11) is 0. The van der Waals surface area contributed by atoms with E-state index in [0.29, 0.717) is 15.9 Å². The van der Waals surface area contributed by atoms with Gasteiger partial charge in [-0.1, -0.05) is 29.3 Å². The number of pyridine rings is 1. The molecule has 0 bridgehead atoms. The number of hydrogen-bond donors (Lipinski definition) is 0. The van der Waals surface area contributed by atoms with Crippen LogP contribution in [0.3, 0.4) is 0 Å². The Morgan fingerprint density at radius 1 is 1.07 bits per heavy atom. The van der Waals surface area contributed by atoms with Crippen LogP contribution in [0, 0.1) is 0 Å². The number of aromatic nitrogens is 3. The molecule has 0 aliphatic carbocycles. The van der Waals surface area contributed by atoms with Crippen LogP contribution in [0.1, 0.15) is 0 Å². The van der Waals surface area contributed by atoms with Gasteiger partial charge in [0.05, 0.1) is 5.69 Å². The number of rotatable bonds is 1. The maximum Gasteiger partial charge on any atom is 0.161 e. The molecule has 0 unspecified atom stereocenters. The van der Waals surface area contributed by atoms with Crippen LogP contribution >= 0.6 is 23.2 Å². The topological polar surface area (TPSA) is 38.7 Å². The third-order valence-corrected chi connectivity index (χ3v) is 2.12. The lowest BCUT2D eigenvalue weighted by Crippen LogP contribution is -1.89. The number of halogens is 2. The van der Waals surface area contributed by atoms with Gasteiger partial charge in [-0.15, -0.1) is 10.2 Å². The van der Waals surface area contributed by atoms with Crippen LogP contribution < -0.4 is 0 Å². The summed E-state index contributed by atoms with van der Waals surface area (Å²) in [6.45, 7) is 0. The summed E-state index contributed by atoms with van der Waals surface area (Å²) in [5.41, 5.74) is 1.42. The summed E-state index contributed by atoms with van der Waals surface area (Å²) >= 11 is 11.6. The van der Waals surface area contributed by atoms with Gasteiger partial charge in [0.2, 0.25) is 0 Å². The zero-order valence-corrected chi connectivity index (χ0v) is 8.50. The summed E-state index contributed by atoms with van der Waals surface area (Å²) in [5.74, 6) is 0. The van der Waals surface area contributed by atoms with Crippen molar-refractivity contribution in [3.05, 3.63) is 40.8 Å². The zero-order chi connectivity index (χ0) is 9.97. The van der Waals surface area contributed by atoms with Gasteiger partial charge in [-0.25, -0.2) is 0 Å². The molecule has 5 heteroatoms. The van der Waals surface area contributed by atoms with Crippen LogP contribution in [0.4, 0.5) is 0 Å². The van der Waals surface area contributed by atoms with Gasteiger partial charge in [0.1, 0.15) is 0 Å². The van der Waals surface area contributed by atoms with Crippen molar-refractivity contribution < 1.29 is 0 Å². The highest BCUT2D eigenvalue weighted by Crippen LogP contribution is 2.25. The van der Waals surface area contributed by atoms with Gasteiger partial charge >= 0.3 is 0 Å². The Morgan fingerprint density at radius 3 is 2.64 bits per heavy atom. The predicted octanol–water partition coefficient (Wildman–Crippen LogP) is 2.85. The van der Waals surface area contributed by atoms with E-state index in [1.165, 1.54) is 0 Å². The van der Waals surface area contributed by atoms with E-state index in [1.807, 2.05) is 18.2 Å². The monoisotopic (exact) mass is 225 g/mol. The lowest BCUT2D eigenvalue weighted by molar-refractivity contribution is 1.03. The maximum absolute atomic E-state index is 5.86. The van der Waals surface area contributed by atoms with Gasteiger partial charge in [0, 0.05) is 11.8 Å². The summed E-state index contributed by atoms with van der Waals surface area (Å²) in [6.07, 6.45) is 1.68. The Balaban J connectivity index is 2.57. The van der Waals surface area contributed by atoms with Crippen LogP contribution in [0.15, 0.2) is 30.5 Å². The van der Waals surface area contributed by atoms with Crippen molar-refractivity contribution >= 4 is 23.2 Å². The van der Waals surface area contributed by atoms with Crippen molar-refractivity contribution in [2.24, 2.45) is 0 Å². The number of nitrogens with zero attached hydrogens (tertiary/aromatic N) is 3. The van der Waals surface area contributed by atoms with Crippen molar-refractivity contribution in [3.8, 4) is 11.3 Å². The normalized spacial score (nSPS) is 10.1. The average molecular weight is 226 g/mol. The molecule has 0 saturated carbocycles. The Labute approximate surface area is 90.7 Å². The number of hydrogen-bond acceptors (Lipinski definition) is 3. The van der Waals surface area contributed by atoms with Crippen LogP contribution in [-0.2, 0) is 0 Å². The standard InChI is InChI=1S/C9H5Cl2N3/c10-8-5-6(9(11)14-13-8)7-3-1-2-4-12-7/h1-5H. The van der Waals surface area contributed by atoms with E-state index in [4.69, 9.17) is 23.2 Å². The van der Waals surface area contributed by atoms with Gasteiger partial charge in [0.25, 0.3) is 0 Å². The summed E-state index contributed by atoms with van der Waals surface area (Å²) in [5, 5.41) is 7.92. The second-order valence-corrected chi connectivity index (χ2v) is 3.33. The molecular weight excluding hydrogens is 221 g/mol. The van der Waals surface area contributed by atoms with Crippen molar-refractivity contribution in [1.29, 1.82) is 0 Å². The lowest BCUT2D eigenvalue weighted by atomic mass is 10.2. The Hall–Kier alpha value is -1.19. The Bertz CT molecular complexity index is 445. The fourth-order valence-electron chi connectivity index (χ4n) is 1.05. The van der Waals surface area contributed by atoms with Crippen LogP contribution in [-0.4, -0.2) is 15.2 Å². The van der Waals surface area contributed by atoms with Crippen molar-refractivity contribution in [2.45, 2.75) is 0 Å². The van der Waals surface area contributed by atoms with E-state index in [2.05, 4.69) is 15.2 Å². The molecular formula is C9H5Cl2N3. The third-order valence-electron chi connectivity index (χ3n) is 1.66. The van der Waals surface area contributed by atoms with E-state index in [1.54, 1.807) is 12.3 Å². The van der Waals surface area contributed by atoms with Crippen LogP contribution in [0.25, 0.3) is 11.3 Å². The SMILES string of the molecule is Clc1cc(-c2ccccn2)c(Cl)nn1. The minimum absolute atomic E-state index is 0.299. The van der Waals surface area contributed by atoms with E-state index in [-0.39, 0.29) is 0 Å². The molecule has 70 valence electrons. The van der Waals surface area contributed by atoms with Crippen molar-refractivity contribution in [1.82, 2.24) is 15.2 Å². The first kappa shape index (κ1) is 9.37. The first-order valence-corrected chi connectivity index (χ1v) is 4.63. The van der Waals surface area contributed by atoms with Gasteiger partial charge in [0.15, 0.2) is 10.3 Å². The minimum atomic E-state index is 0.299. The molecule has 2 aromatic heterocycles. The minimum Gasteiger partial charge on any atom is -0.256 e. The largest absolute Gasteiger partial charge is 0.256 e. The lowest BCUT2D eigenvalue weighted by Gasteiger charge is -2.01. The van der Waals surface area contributed by atoms with E-state index in [9.17, 15) is 0 Å². The molecule has 0 saturated heterocycles. The molecule has 0 aromatic carbocycles. The van der Waals surface area contributed by atoms with E-state index < -0.39 is 0 Å². The molecule has 0 aliphatic heterocycles. The van der Waals surface area contributed by atoms with Crippen molar-refractivity contribution in [2.75, 3.05) is 0 Å². The average Bonchev–Trinajstić information content (AvgIpc) is 2.23. The Morgan fingerprint density at radius 2 is 1.93 bits per heavy atom. The van der Waals surface area contributed by atoms with Gasteiger partial charge in [-0.3, -0.25) is 4.98 Å². The molecule has 0 atom stereocenters. The van der Waals surface area contributed by atoms with Gasteiger partial charge in [-0.2, -0.15) is 0 Å². The molecule has 14 heavy (non-hydrogen) atoms. The summed E-state index contributed by atoms with van der Waals surface area (Å²) in [6, 6.07) is 7.17. The summed E-state index contributed by atoms with van der Waals surface area (Å²) in [4.78, 5) is 4.14. The smallest absolute Gasteiger partial charge is 0.161 e. The maximum atomic E-state index is 5.86. The molecule has 3 nitrogen and oxygen atoms in total. The highest BCUT2D eigenvalue weighted by Gasteiger charge is 2.06. The van der Waals surface area contributed by atoms with Crippen LogP contribution in [0.5, 0.6) is 0 Å². The van der Waals surface area contributed by atoms with Crippen LogP contribution in [0.2, 0.25) is 10.3 Å². The van der Waals surface area contributed by atoms with Gasteiger partial charge < -0.3 is 0 Å². The second kappa shape index (κ2) is 3.90. The highest BCUT2D eigenvalue weighted by atomic mass is 35.5. The third kappa shape index (κ3) is 1.84. The fourth-order valence-corrected chi connectivity index (χ4v) is 1.39. The first-order valence-electron chi connectivity index (χ1n) is 3.87. The van der Waals surface area contributed by atoms with Crippen molar-refractivity contribution in [3.63, 3.8) is 0 Å². The van der Waals surface area contributed by atoms with E-state index >= 15 is 0 Å². The second-order valence-electron chi connectivity index (χ2n) is 2.59. The Kier molecular flexibility index (Phi) is 2.61. The molecule has 0 amide bonds. The predicted molar refractivity (Wildman–Crippen MR) is 55.3 cm³/mol. The molecule has 0 aliphatic rings. The molecule has 0 radical (unpaired) electrons. The quantitative estimate of drug-likeness (QED) is 0.750. The fraction of sp³-hybridized carbons (Fsp3) is 0. The molecule has 2 heterocycles. The molecule has 0 fully saturated rings.